The maximum Gasteiger partial charge on any atom is 0.309 e. The Balaban J connectivity index is 1.45. The Morgan fingerprint density at radius 1 is 1.13 bits per heavy atom. The Labute approximate surface area is 180 Å². The molecule has 0 aromatic heterocycles. The van der Waals surface area contributed by atoms with Crippen molar-refractivity contribution in [2.75, 3.05) is 0 Å². The number of carbonyl (C=O) groups excluding carboxylic acids is 1. The zero-order chi connectivity index (χ0) is 21.6. The summed E-state index contributed by atoms with van der Waals surface area (Å²) in [5.41, 5.74) is 2.73. The molecule has 0 saturated heterocycles. The van der Waals surface area contributed by atoms with Crippen molar-refractivity contribution in [1.82, 2.24) is 0 Å². The molecule has 1 aromatic carbocycles. The fourth-order valence-electron chi connectivity index (χ4n) is 5.11. The standard InChI is InChI=1S/C26H36F2O2/c1-3-5-7-23-15-12-22(18-26(23,27)28)25(29)30-24-16-13-21(14-17-24)20-10-8-19(6-4-2)9-11-20/h3,8-11,21-24H,1,4-7,12-18H2,2H3. The molecule has 3 rings (SSSR count). The molecule has 2 nitrogen and oxygen atoms in total. The molecule has 1 aromatic rings. The van der Waals surface area contributed by atoms with E-state index < -0.39 is 23.7 Å². The largest absolute Gasteiger partial charge is 0.462 e. The van der Waals surface area contributed by atoms with E-state index in [2.05, 4.69) is 37.8 Å². The average Bonchev–Trinajstić information content (AvgIpc) is 2.74. The van der Waals surface area contributed by atoms with Crippen LogP contribution in [0, 0.1) is 11.8 Å². The summed E-state index contributed by atoms with van der Waals surface area (Å²) in [4.78, 5) is 12.6. The number of hydrogen-bond acceptors (Lipinski definition) is 2. The number of alkyl halides is 2. The maximum atomic E-state index is 14.5. The Morgan fingerprint density at radius 2 is 1.83 bits per heavy atom. The number of esters is 1. The van der Waals surface area contributed by atoms with Crippen LogP contribution in [-0.4, -0.2) is 18.0 Å². The predicted octanol–water partition coefficient (Wildman–Crippen LogP) is 7.23. The van der Waals surface area contributed by atoms with Crippen LogP contribution in [0.2, 0.25) is 0 Å². The minimum absolute atomic E-state index is 0.125. The molecule has 2 aliphatic carbocycles. The molecular weight excluding hydrogens is 382 g/mol. The Hall–Kier alpha value is -1.71. The lowest BCUT2D eigenvalue weighted by molar-refractivity contribution is -0.167. The highest BCUT2D eigenvalue weighted by Crippen LogP contribution is 2.44. The maximum absolute atomic E-state index is 14.5. The molecule has 4 heteroatoms. The first-order chi connectivity index (χ1) is 14.4. The van der Waals surface area contributed by atoms with Crippen molar-refractivity contribution in [2.24, 2.45) is 11.8 Å². The quantitative estimate of drug-likeness (QED) is 0.329. The topological polar surface area (TPSA) is 26.3 Å². The first-order valence-electron chi connectivity index (χ1n) is 11.7. The van der Waals surface area contributed by atoms with E-state index in [1.165, 1.54) is 11.1 Å². The van der Waals surface area contributed by atoms with Crippen molar-refractivity contribution in [1.29, 1.82) is 0 Å². The van der Waals surface area contributed by atoms with Gasteiger partial charge in [0.15, 0.2) is 0 Å². The molecule has 0 heterocycles. The third-order valence-electron chi connectivity index (χ3n) is 6.98. The van der Waals surface area contributed by atoms with Crippen LogP contribution < -0.4 is 0 Å². The van der Waals surface area contributed by atoms with Gasteiger partial charge in [-0.25, -0.2) is 8.78 Å². The molecule has 2 unspecified atom stereocenters. The predicted molar refractivity (Wildman–Crippen MR) is 117 cm³/mol. The van der Waals surface area contributed by atoms with Gasteiger partial charge in [-0.2, -0.15) is 0 Å². The van der Waals surface area contributed by atoms with Crippen LogP contribution in [0.1, 0.15) is 88.2 Å². The van der Waals surface area contributed by atoms with E-state index in [1.54, 1.807) is 6.08 Å². The minimum Gasteiger partial charge on any atom is -0.462 e. The third-order valence-corrected chi connectivity index (χ3v) is 6.98. The van der Waals surface area contributed by atoms with E-state index in [1.807, 2.05) is 0 Å². The summed E-state index contributed by atoms with van der Waals surface area (Å²) in [5, 5.41) is 0. The van der Waals surface area contributed by atoms with Gasteiger partial charge in [0.1, 0.15) is 6.10 Å². The molecule has 0 bridgehead atoms. The lowest BCUT2D eigenvalue weighted by atomic mass is 9.77. The Morgan fingerprint density at radius 3 is 2.43 bits per heavy atom. The number of allylic oxidation sites excluding steroid dienone is 1. The Kier molecular flexibility index (Phi) is 8.07. The summed E-state index contributed by atoms with van der Waals surface area (Å²) in [7, 11) is 0. The van der Waals surface area contributed by atoms with Crippen LogP contribution in [0.3, 0.4) is 0 Å². The molecule has 2 fully saturated rings. The summed E-state index contributed by atoms with van der Waals surface area (Å²) in [6, 6.07) is 8.90. The van der Waals surface area contributed by atoms with Gasteiger partial charge in [0.25, 0.3) is 5.92 Å². The number of benzene rings is 1. The normalized spacial score (nSPS) is 28.6. The average molecular weight is 419 g/mol. The van der Waals surface area contributed by atoms with Crippen LogP contribution in [0.15, 0.2) is 36.9 Å². The van der Waals surface area contributed by atoms with Crippen LogP contribution in [-0.2, 0) is 16.0 Å². The molecular formula is C26H36F2O2. The highest BCUT2D eigenvalue weighted by Gasteiger charge is 2.47. The molecule has 2 atom stereocenters. The minimum atomic E-state index is -2.79. The second-order valence-corrected chi connectivity index (χ2v) is 9.20. The van der Waals surface area contributed by atoms with Gasteiger partial charge in [0.05, 0.1) is 5.92 Å². The van der Waals surface area contributed by atoms with Gasteiger partial charge in [0, 0.05) is 12.3 Å². The van der Waals surface area contributed by atoms with Gasteiger partial charge < -0.3 is 4.74 Å². The summed E-state index contributed by atoms with van der Waals surface area (Å²) in [6.07, 6.45) is 9.00. The number of rotatable bonds is 8. The molecule has 0 aliphatic heterocycles. The number of carbonyl (C=O) groups is 1. The van der Waals surface area contributed by atoms with Gasteiger partial charge >= 0.3 is 5.97 Å². The van der Waals surface area contributed by atoms with Crippen molar-refractivity contribution in [2.45, 2.75) is 95.5 Å². The van der Waals surface area contributed by atoms with Gasteiger partial charge in [-0.3, -0.25) is 4.79 Å². The molecule has 0 N–H and O–H groups in total. The monoisotopic (exact) mass is 418 g/mol. The summed E-state index contributed by atoms with van der Waals surface area (Å²) < 4.78 is 34.6. The van der Waals surface area contributed by atoms with Crippen LogP contribution in [0.5, 0.6) is 0 Å². The van der Waals surface area contributed by atoms with Gasteiger partial charge in [-0.05, 0) is 74.8 Å². The second kappa shape index (κ2) is 10.5. The molecule has 0 amide bonds. The highest BCUT2D eigenvalue weighted by atomic mass is 19.3. The second-order valence-electron chi connectivity index (χ2n) is 9.20. The van der Waals surface area contributed by atoms with Crippen LogP contribution in [0.4, 0.5) is 8.78 Å². The van der Waals surface area contributed by atoms with E-state index >= 15 is 0 Å². The van der Waals surface area contributed by atoms with E-state index in [4.69, 9.17) is 4.74 Å². The fraction of sp³-hybridized carbons (Fsp3) is 0.654. The van der Waals surface area contributed by atoms with Crippen molar-refractivity contribution >= 4 is 5.97 Å². The van der Waals surface area contributed by atoms with Crippen LogP contribution >= 0.6 is 0 Å². The smallest absolute Gasteiger partial charge is 0.309 e. The number of hydrogen-bond donors (Lipinski definition) is 0. The third kappa shape index (κ3) is 5.92. The zero-order valence-corrected chi connectivity index (χ0v) is 18.3. The van der Waals surface area contributed by atoms with E-state index in [0.29, 0.717) is 31.6 Å². The molecule has 166 valence electrons. The molecule has 2 aliphatic rings. The number of ether oxygens (including phenoxy) is 1. The number of aryl methyl sites for hydroxylation is 1. The zero-order valence-electron chi connectivity index (χ0n) is 18.3. The van der Waals surface area contributed by atoms with Crippen molar-refractivity contribution < 1.29 is 18.3 Å². The molecule has 30 heavy (non-hydrogen) atoms. The summed E-state index contributed by atoms with van der Waals surface area (Å²) in [5.74, 6) is -4.00. The lowest BCUT2D eigenvalue weighted by Crippen LogP contribution is -2.39. The van der Waals surface area contributed by atoms with Crippen molar-refractivity contribution in [3.8, 4) is 0 Å². The SMILES string of the molecule is C=CCCC1CCC(C(=O)OC2CCC(c3ccc(CCC)cc3)CC2)CC1(F)F. The molecule has 0 spiro atoms. The number of halogens is 2. The lowest BCUT2D eigenvalue weighted by Gasteiger charge is -2.36. The molecule has 2 saturated carbocycles. The van der Waals surface area contributed by atoms with E-state index in [-0.39, 0.29) is 12.5 Å². The first-order valence-corrected chi connectivity index (χ1v) is 11.7. The van der Waals surface area contributed by atoms with Crippen molar-refractivity contribution in [3.63, 3.8) is 0 Å². The van der Waals surface area contributed by atoms with E-state index in [0.717, 1.165) is 38.5 Å². The van der Waals surface area contributed by atoms with Gasteiger partial charge in [-0.15, -0.1) is 6.58 Å². The van der Waals surface area contributed by atoms with Gasteiger partial charge in [-0.1, -0.05) is 43.7 Å². The van der Waals surface area contributed by atoms with Crippen molar-refractivity contribution in [3.05, 3.63) is 48.0 Å². The summed E-state index contributed by atoms with van der Waals surface area (Å²) >= 11 is 0. The highest BCUT2D eigenvalue weighted by molar-refractivity contribution is 5.73. The fourth-order valence-corrected chi connectivity index (χ4v) is 5.11. The van der Waals surface area contributed by atoms with Crippen LogP contribution in [0.25, 0.3) is 0 Å². The van der Waals surface area contributed by atoms with E-state index in [9.17, 15) is 13.6 Å². The summed E-state index contributed by atoms with van der Waals surface area (Å²) in [6.45, 7) is 5.80. The first kappa shape index (κ1) is 23.0. The molecule has 0 radical (unpaired) electrons. The van der Waals surface area contributed by atoms with Gasteiger partial charge in [0.2, 0.25) is 0 Å². The Bertz CT molecular complexity index is 689.